The van der Waals surface area contributed by atoms with Gasteiger partial charge in [-0.05, 0) is 57.4 Å². The van der Waals surface area contributed by atoms with Crippen molar-refractivity contribution < 1.29 is 0 Å². The zero-order valence-electron chi connectivity index (χ0n) is 15.4. The van der Waals surface area contributed by atoms with Crippen molar-refractivity contribution in [2.24, 2.45) is 5.41 Å². The number of nitrogens with zero attached hydrogens (tertiary/aromatic N) is 4. The van der Waals surface area contributed by atoms with Gasteiger partial charge < -0.3 is 4.90 Å². The largest absolute Gasteiger partial charge is 0.355 e. The van der Waals surface area contributed by atoms with E-state index >= 15 is 0 Å². The van der Waals surface area contributed by atoms with E-state index in [1.165, 1.54) is 43.5 Å². The Morgan fingerprint density at radius 1 is 0.920 bits per heavy atom. The van der Waals surface area contributed by atoms with Crippen LogP contribution >= 0.6 is 0 Å². The van der Waals surface area contributed by atoms with E-state index in [4.69, 9.17) is 0 Å². The summed E-state index contributed by atoms with van der Waals surface area (Å²) < 4.78 is 0. The van der Waals surface area contributed by atoms with E-state index in [2.05, 4.69) is 63.3 Å². The molecule has 0 bridgehead atoms. The van der Waals surface area contributed by atoms with Gasteiger partial charge in [0.1, 0.15) is 0 Å². The van der Waals surface area contributed by atoms with E-state index in [-0.39, 0.29) is 0 Å². The molecule has 25 heavy (non-hydrogen) atoms. The summed E-state index contributed by atoms with van der Waals surface area (Å²) in [6.07, 6.45) is 3.90. The minimum atomic E-state index is 0.426. The standard InChI is InChI=1S/C21H28N4/c1-17-4-7-19(8-5-17)14-24-13-11-21(15-24)10-3-12-25(16-21)20-9-6-18(2)22-23-20/h4-9H,3,10-16H2,1-2H3/t21-/m1/s1. The summed E-state index contributed by atoms with van der Waals surface area (Å²) in [5.41, 5.74) is 4.18. The van der Waals surface area contributed by atoms with Crippen molar-refractivity contribution in [2.45, 2.75) is 39.7 Å². The van der Waals surface area contributed by atoms with Crippen LogP contribution in [0.15, 0.2) is 36.4 Å². The summed E-state index contributed by atoms with van der Waals surface area (Å²) in [5, 5.41) is 8.66. The molecule has 2 aliphatic heterocycles. The van der Waals surface area contributed by atoms with E-state index in [9.17, 15) is 0 Å². The third-order valence-electron chi connectivity index (χ3n) is 5.81. The lowest BCUT2D eigenvalue weighted by Crippen LogP contribution is -2.45. The van der Waals surface area contributed by atoms with E-state index in [1.807, 2.05) is 6.92 Å². The summed E-state index contributed by atoms with van der Waals surface area (Å²) in [7, 11) is 0. The first-order valence-electron chi connectivity index (χ1n) is 9.45. The molecule has 0 N–H and O–H groups in total. The zero-order valence-corrected chi connectivity index (χ0v) is 15.4. The molecule has 2 aliphatic rings. The minimum Gasteiger partial charge on any atom is -0.355 e. The Bertz CT molecular complexity index is 710. The molecule has 2 fully saturated rings. The van der Waals surface area contributed by atoms with Crippen molar-refractivity contribution in [3.05, 3.63) is 53.2 Å². The molecule has 132 valence electrons. The first-order valence-corrected chi connectivity index (χ1v) is 9.45. The molecule has 3 heterocycles. The molecule has 2 saturated heterocycles. The maximum Gasteiger partial charge on any atom is 0.151 e. The lowest BCUT2D eigenvalue weighted by molar-refractivity contribution is 0.216. The Kier molecular flexibility index (Phi) is 4.46. The van der Waals surface area contributed by atoms with Crippen LogP contribution in [0.25, 0.3) is 0 Å². The number of rotatable bonds is 3. The first kappa shape index (κ1) is 16.5. The zero-order chi connectivity index (χ0) is 17.3. The van der Waals surface area contributed by atoms with E-state index < -0.39 is 0 Å². The second-order valence-corrected chi connectivity index (χ2v) is 8.00. The molecule has 1 aromatic carbocycles. The van der Waals surface area contributed by atoms with Crippen molar-refractivity contribution in [1.82, 2.24) is 15.1 Å². The lowest BCUT2D eigenvalue weighted by atomic mass is 9.79. The van der Waals surface area contributed by atoms with Crippen molar-refractivity contribution >= 4 is 5.82 Å². The van der Waals surface area contributed by atoms with Gasteiger partial charge in [0.15, 0.2) is 5.82 Å². The molecule has 4 nitrogen and oxygen atoms in total. The summed E-state index contributed by atoms with van der Waals surface area (Å²) >= 11 is 0. The molecule has 0 radical (unpaired) electrons. The number of aromatic nitrogens is 2. The Labute approximate surface area is 150 Å². The predicted octanol–water partition coefficient (Wildman–Crippen LogP) is 3.59. The fourth-order valence-electron chi connectivity index (χ4n) is 4.41. The van der Waals surface area contributed by atoms with Crippen LogP contribution in [0.1, 0.15) is 36.1 Å². The van der Waals surface area contributed by atoms with Gasteiger partial charge in [-0.2, -0.15) is 5.10 Å². The second-order valence-electron chi connectivity index (χ2n) is 8.00. The van der Waals surface area contributed by atoms with Crippen molar-refractivity contribution in [3.63, 3.8) is 0 Å². The topological polar surface area (TPSA) is 32.3 Å². The molecule has 0 amide bonds. The average molecular weight is 336 g/mol. The minimum absolute atomic E-state index is 0.426. The highest BCUT2D eigenvalue weighted by atomic mass is 15.3. The van der Waals surface area contributed by atoms with Crippen LogP contribution < -0.4 is 4.90 Å². The van der Waals surface area contributed by atoms with Crippen molar-refractivity contribution in [1.29, 1.82) is 0 Å². The molecule has 4 rings (SSSR count). The van der Waals surface area contributed by atoms with Gasteiger partial charge in [0, 0.05) is 31.6 Å². The van der Waals surface area contributed by atoms with Gasteiger partial charge in [0.25, 0.3) is 0 Å². The molecule has 1 atom stereocenters. The second kappa shape index (κ2) is 6.75. The summed E-state index contributed by atoms with van der Waals surface area (Å²) in [4.78, 5) is 5.08. The van der Waals surface area contributed by atoms with Crippen LogP contribution in [-0.2, 0) is 6.54 Å². The first-order chi connectivity index (χ1) is 12.1. The van der Waals surface area contributed by atoms with Gasteiger partial charge in [0.2, 0.25) is 0 Å². The average Bonchev–Trinajstić information content (AvgIpc) is 2.99. The monoisotopic (exact) mass is 336 g/mol. The number of anilines is 1. The molecule has 1 aromatic heterocycles. The fourth-order valence-corrected chi connectivity index (χ4v) is 4.41. The number of likely N-dealkylation sites (tertiary alicyclic amines) is 1. The van der Waals surface area contributed by atoms with Crippen LogP contribution in [0.2, 0.25) is 0 Å². The lowest BCUT2D eigenvalue weighted by Gasteiger charge is -2.41. The van der Waals surface area contributed by atoms with Crippen LogP contribution in [0.5, 0.6) is 0 Å². The number of hydrogen-bond acceptors (Lipinski definition) is 4. The molecule has 0 unspecified atom stereocenters. The summed E-state index contributed by atoms with van der Waals surface area (Å²) in [5.74, 6) is 1.04. The Morgan fingerprint density at radius 2 is 1.76 bits per heavy atom. The molecule has 0 aliphatic carbocycles. The Morgan fingerprint density at radius 3 is 2.52 bits per heavy atom. The number of hydrogen-bond donors (Lipinski definition) is 0. The Hall–Kier alpha value is -1.94. The molecule has 1 spiro atoms. The maximum atomic E-state index is 4.41. The van der Waals surface area contributed by atoms with Gasteiger partial charge in [-0.1, -0.05) is 29.8 Å². The molecule has 2 aromatic rings. The van der Waals surface area contributed by atoms with Crippen LogP contribution in [0, 0.1) is 19.3 Å². The van der Waals surface area contributed by atoms with Gasteiger partial charge in [-0.15, -0.1) is 5.10 Å². The third kappa shape index (κ3) is 3.69. The highest BCUT2D eigenvalue weighted by molar-refractivity contribution is 5.38. The maximum absolute atomic E-state index is 4.41. The van der Waals surface area contributed by atoms with Crippen molar-refractivity contribution in [3.8, 4) is 0 Å². The van der Waals surface area contributed by atoms with Gasteiger partial charge in [0.05, 0.1) is 5.69 Å². The molecular weight excluding hydrogens is 308 g/mol. The smallest absolute Gasteiger partial charge is 0.151 e. The number of piperidine rings is 1. The van der Waals surface area contributed by atoms with Gasteiger partial charge >= 0.3 is 0 Å². The van der Waals surface area contributed by atoms with Crippen molar-refractivity contribution in [2.75, 3.05) is 31.1 Å². The highest BCUT2D eigenvalue weighted by Crippen LogP contribution is 2.40. The summed E-state index contributed by atoms with van der Waals surface area (Å²) in [6.45, 7) is 9.87. The van der Waals surface area contributed by atoms with Crippen LogP contribution in [0.4, 0.5) is 5.82 Å². The predicted molar refractivity (Wildman–Crippen MR) is 102 cm³/mol. The van der Waals surface area contributed by atoms with E-state index in [0.717, 1.165) is 31.1 Å². The van der Waals surface area contributed by atoms with E-state index in [1.54, 1.807) is 0 Å². The third-order valence-corrected chi connectivity index (χ3v) is 5.81. The quantitative estimate of drug-likeness (QED) is 0.857. The fraction of sp³-hybridized carbons (Fsp3) is 0.524. The van der Waals surface area contributed by atoms with Crippen LogP contribution in [-0.4, -0.2) is 41.3 Å². The van der Waals surface area contributed by atoms with E-state index in [0.29, 0.717) is 5.41 Å². The van der Waals surface area contributed by atoms with Crippen LogP contribution in [0.3, 0.4) is 0 Å². The van der Waals surface area contributed by atoms with Gasteiger partial charge in [-0.25, -0.2) is 0 Å². The normalized spacial score (nSPS) is 24.2. The SMILES string of the molecule is Cc1ccc(CN2CC[C@]3(CCCN(c4ccc(C)nn4)C3)C2)cc1. The molecule has 4 heteroatoms. The summed E-state index contributed by atoms with van der Waals surface area (Å²) in [6, 6.07) is 13.2. The molecular formula is C21H28N4. The number of benzene rings is 1. The highest BCUT2D eigenvalue weighted by Gasteiger charge is 2.41. The van der Waals surface area contributed by atoms with Gasteiger partial charge in [-0.3, -0.25) is 4.90 Å². The Balaban J connectivity index is 1.42. The number of aryl methyl sites for hydroxylation is 2. The molecule has 0 saturated carbocycles.